The number of methoxy groups -OCH3 is 1. The Morgan fingerprint density at radius 1 is 1.03 bits per heavy atom. The van der Waals surface area contributed by atoms with Gasteiger partial charge in [0.05, 0.1) is 19.6 Å². The Hall–Kier alpha value is -2.56. The van der Waals surface area contributed by atoms with Gasteiger partial charge in [0.1, 0.15) is 6.10 Å². The lowest BCUT2D eigenvalue weighted by atomic mass is 10.2. The van der Waals surface area contributed by atoms with E-state index in [0.717, 1.165) is 6.08 Å². The Morgan fingerprint density at radius 2 is 1.73 bits per heavy atom. The van der Waals surface area contributed by atoms with Crippen LogP contribution in [0.15, 0.2) is 60.8 Å². The first-order valence-corrected chi connectivity index (χ1v) is 9.53. The van der Waals surface area contributed by atoms with Gasteiger partial charge in [-0.3, -0.25) is 4.79 Å². The molecule has 0 aromatic carbocycles. The van der Waals surface area contributed by atoms with Crippen LogP contribution in [0.25, 0.3) is 0 Å². The quantitative estimate of drug-likeness (QED) is 0.208. The molecule has 0 heterocycles. The van der Waals surface area contributed by atoms with Crippen molar-refractivity contribution in [2.24, 2.45) is 0 Å². The highest BCUT2D eigenvalue weighted by molar-refractivity contribution is 5.69. The molecule has 0 aromatic heterocycles. The summed E-state index contributed by atoms with van der Waals surface area (Å²) in [6.45, 7) is 0. The summed E-state index contributed by atoms with van der Waals surface area (Å²) in [6, 6.07) is 0. The lowest BCUT2D eigenvalue weighted by molar-refractivity contribution is -0.140. The number of halogens is 3. The second kappa shape index (κ2) is 17.3. The monoisotopic (exact) mass is 426 g/mol. The van der Waals surface area contributed by atoms with Gasteiger partial charge in [-0.15, -0.1) is 0 Å². The van der Waals surface area contributed by atoms with E-state index in [2.05, 4.69) is 16.6 Å². The van der Waals surface area contributed by atoms with Crippen molar-refractivity contribution in [2.45, 2.75) is 56.9 Å². The average Bonchev–Trinajstić information content (AvgIpc) is 2.68. The van der Waals surface area contributed by atoms with Crippen LogP contribution in [0.2, 0.25) is 0 Å². The van der Waals surface area contributed by atoms with Crippen LogP contribution in [-0.2, 0) is 9.53 Å². The van der Waals surface area contributed by atoms with Gasteiger partial charge in [-0.05, 0) is 25.3 Å². The molecule has 0 amide bonds. The fourth-order valence-electron chi connectivity index (χ4n) is 1.95. The number of carbonyl (C=O) groups excluding carboxylic acids is 1. The van der Waals surface area contributed by atoms with Crippen LogP contribution in [0, 0.1) is 11.8 Å². The molecule has 0 spiro atoms. The highest BCUT2D eigenvalue weighted by Gasteiger charge is 2.24. The standard InChI is InChI=1S/C23H29F3O4/c1-30-22(29)18-12-7-11-17-21(28)16-10-5-4-9-15-20(27)14-8-3-2-6-13-19-23(24,25)26/h3-8,10-11,13,16,20-21,27-28H,2,12,14,17-19H2,1H3/b5-4+,8-3-,11-7-,13-6-,16-10+/t20-,21+/m0/s1. The number of ether oxygens (including phenoxy) is 1. The van der Waals surface area contributed by atoms with Crippen LogP contribution < -0.4 is 0 Å². The number of rotatable bonds is 12. The summed E-state index contributed by atoms with van der Waals surface area (Å²) in [5, 5.41) is 19.4. The minimum atomic E-state index is -4.18. The zero-order valence-electron chi connectivity index (χ0n) is 17.0. The highest BCUT2D eigenvalue weighted by Crippen LogP contribution is 2.19. The van der Waals surface area contributed by atoms with Crippen LogP contribution >= 0.6 is 0 Å². The molecule has 0 saturated carbocycles. The normalized spacial score (nSPS) is 14.7. The van der Waals surface area contributed by atoms with Crippen LogP contribution in [0.1, 0.15) is 38.5 Å². The average molecular weight is 426 g/mol. The van der Waals surface area contributed by atoms with Crippen molar-refractivity contribution in [1.82, 2.24) is 0 Å². The minimum Gasteiger partial charge on any atom is -0.469 e. The lowest BCUT2D eigenvalue weighted by Crippen LogP contribution is -2.03. The fourth-order valence-corrected chi connectivity index (χ4v) is 1.95. The molecule has 0 unspecified atom stereocenters. The molecular weight excluding hydrogens is 397 g/mol. The number of hydrogen-bond donors (Lipinski definition) is 2. The fraction of sp³-hybridized carbons (Fsp3) is 0.435. The summed E-state index contributed by atoms with van der Waals surface area (Å²) in [6.07, 6.45) is 11.1. The summed E-state index contributed by atoms with van der Waals surface area (Å²) in [7, 11) is 1.34. The van der Waals surface area contributed by atoms with E-state index < -0.39 is 24.8 Å². The van der Waals surface area contributed by atoms with Gasteiger partial charge >= 0.3 is 12.1 Å². The molecular formula is C23H29F3O4. The van der Waals surface area contributed by atoms with Crippen molar-refractivity contribution in [3.63, 3.8) is 0 Å². The number of carbonyl (C=O) groups is 1. The van der Waals surface area contributed by atoms with Gasteiger partial charge in [0, 0.05) is 12.8 Å². The number of hydrogen-bond acceptors (Lipinski definition) is 4. The maximum Gasteiger partial charge on any atom is 0.392 e. The maximum atomic E-state index is 11.9. The summed E-state index contributed by atoms with van der Waals surface area (Å²) in [5.41, 5.74) is 0. The third-order valence-electron chi connectivity index (χ3n) is 3.48. The van der Waals surface area contributed by atoms with Crippen LogP contribution in [-0.4, -0.2) is 41.7 Å². The number of aliphatic hydroxyl groups excluding tert-OH is 2. The lowest BCUT2D eigenvalue weighted by Gasteiger charge is -1.99. The second-order valence-corrected chi connectivity index (χ2v) is 6.17. The van der Waals surface area contributed by atoms with E-state index in [1.807, 2.05) is 6.08 Å². The van der Waals surface area contributed by atoms with E-state index in [1.54, 1.807) is 36.5 Å². The molecule has 0 aliphatic rings. The third kappa shape index (κ3) is 20.2. The minimum absolute atomic E-state index is 0.274. The molecule has 4 nitrogen and oxygen atoms in total. The molecule has 30 heavy (non-hydrogen) atoms. The second-order valence-electron chi connectivity index (χ2n) is 6.17. The number of alkyl halides is 3. The predicted molar refractivity (Wildman–Crippen MR) is 111 cm³/mol. The number of esters is 1. The van der Waals surface area contributed by atoms with Crippen molar-refractivity contribution >= 4 is 5.97 Å². The molecule has 166 valence electrons. The molecule has 2 atom stereocenters. The first-order valence-electron chi connectivity index (χ1n) is 9.53. The number of allylic oxidation sites excluding steroid dienone is 7. The highest BCUT2D eigenvalue weighted by atomic mass is 19.4. The van der Waals surface area contributed by atoms with Crippen molar-refractivity contribution in [3.05, 3.63) is 60.8 Å². The zero-order chi connectivity index (χ0) is 22.7. The molecule has 0 aliphatic heterocycles. The van der Waals surface area contributed by atoms with Crippen LogP contribution in [0.5, 0.6) is 0 Å². The molecule has 0 radical (unpaired) electrons. The van der Waals surface area contributed by atoms with Gasteiger partial charge in [0.15, 0.2) is 0 Å². The Balaban J connectivity index is 4.00. The molecule has 2 N–H and O–H groups in total. The van der Waals surface area contributed by atoms with Gasteiger partial charge in [-0.1, -0.05) is 66.5 Å². The number of aliphatic hydroxyl groups is 2. The molecule has 7 heteroatoms. The molecule has 0 bridgehead atoms. The van der Waals surface area contributed by atoms with E-state index in [4.69, 9.17) is 0 Å². The Bertz CT molecular complexity index is 677. The topological polar surface area (TPSA) is 66.8 Å². The van der Waals surface area contributed by atoms with E-state index in [-0.39, 0.29) is 12.4 Å². The van der Waals surface area contributed by atoms with E-state index >= 15 is 0 Å². The largest absolute Gasteiger partial charge is 0.469 e. The van der Waals surface area contributed by atoms with Crippen molar-refractivity contribution < 1.29 is 32.9 Å². The van der Waals surface area contributed by atoms with E-state index in [1.165, 1.54) is 19.3 Å². The summed E-state index contributed by atoms with van der Waals surface area (Å²) < 4.78 is 40.3. The van der Waals surface area contributed by atoms with E-state index in [9.17, 15) is 28.2 Å². The first kappa shape index (κ1) is 27.4. The molecule has 0 fully saturated rings. The zero-order valence-corrected chi connectivity index (χ0v) is 17.0. The smallest absolute Gasteiger partial charge is 0.392 e. The Kier molecular flexibility index (Phi) is 15.8. The molecule has 0 rings (SSSR count). The first-order chi connectivity index (χ1) is 14.2. The molecule has 0 aliphatic carbocycles. The summed E-state index contributed by atoms with van der Waals surface area (Å²) >= 11 is 0. The predicted octanol–water partition coefficient (Wildman–Crippen LogP) is 4.57. The molecule has 0 saturated heterocycles. The van der Waals surface area contributed by atoms with Crippen molar-refractivity contribution in [1.29, 1.82) is 0 Å². The van der Waals surface area contributed by atoms with Gasteiger partial charge in [0.25, 0.3) is 0 Å². The van der Waals surface area contributed by atoms with E-state index in [0.29, 0.717) is 25.7 Å². The Morgan fingerprint density at radius 3 is 2.43 bits per heavy atom. The van der Waals surface area contributed by atoms with Gasteiger partial charge in [0.2, 0.25) is 0 Å². The van der Waals surface area contributed by atoms with Crippen LogP contribution in [0.3, 0.4) is 0 Å². The SMILES string of the molecule is COC(=O)CC/C=C\C[C@H](O)/C=C/C=C/C#C[C@@H](O)C/C=C\C/C=C\CC(F)(F)F. The maximum absolute atomic E-state index is 11.9. The molecule has 0 aromatic rings. The summed E-state index contributed by atoms with van der Waals surface area (Å²) in [5.74, 6) is 5.01. The van der Waals surface area contributed by atoms with Gasteiger partial charge in [-0.25, -0.2) is 0 Å². The van der Waals surface area contributed by atoms with Gasteiger partial charge < -0.3 is 14.9 Å². The Labute approximate surface area is 176 Å². The van der Waals surface area contributed by atoms with Crippen molar-refractivity contribution in [3.8, 4) is 11.8 Å². The van der Waals surface area contributed by atoms with Gasteiger partial charge in [-0.2, -0.15) is 13.2 Å². The van der Waals surface area contributed by atoms with Crippen molar-refractivity contribution in [2.75, 3.05) is 7.11 Å². The van der Waals surface area contributed by atoms with Crippen LogP contribution in [0.4, 0.5) is 13.2 Å². The summed E-state index contributed by atoms with van der Waals surface area (Å²) in [4.78, 5) is 10.9. The third-order valence-corrected chi connectivity index (χ3v) is 3.48.